The average molecular weight is 252 g/mol. The maximum absolute atomic E-state index is 9.86. The Balaban J connectivity index is 1.97. The highest BCUT2D eigenvalue weighted by Gasteiger charge is 2.25. The molecule has 4 heteroatoms. The number of aliphatic hydroxyl groups excluding tert-OH is 1. The van der Waals surface area contributed by atoms with Gasteiger partial charge in [-0.05, 0) is 32.8 Å². The number of aliphatic hydroxyl groups is 2. The fraction of sp³-hybridized carbons (Fsp3) is 0.786. The topological polar surface area (TPSA) is 58.3 Å². The molecule has 0 amide bonds. The van der Waals surface area contributed by atoms with Gasteiger partial charge in [-0.25, -0.2) is 0 Å². The largest absolute Gasteiger partial charge is 0.390 e. The summed E-state index contributed by atoms with van der Waals surface area (Å²) in [6.07, 6.45) is 7.95. The minimum Gasteiger partial charge on any atom is -0.390 e. The van der Waals surface area contributed by atoms with Crippen LogP contribution in [0.1, 0.15) is 57.7 Å². The Bertz CT molecular complexity index is 375. The molecule has 0 bridgehead atoms. The van der Waals surface area contributed by atoms with Crippen molar-refractivity contribution >= 4 is 0 Å². The molecule has 4 nitrogen and oxygen atoms in total. The number of hydrogen-bond acceptors (Lipinski definition) is 3. The van der Waals surface area contributed by atoms with E-state index in [1.54, 1.807) is 13.8 Å². The second-order valence-electron chi connectivity index (χ2n) is 5.95. The predicted octanol–water partition coefficient (Wildman–Crippen LogP) is 2.06. The zero-order chi connectivity index (χ0) is 13.2. The first-order chi connectivity index (χ1) is 8.47. The molecule has 2 rings (SSSR count). The van der Waals surface area contributed by atoms with Crippen molar-refractivity contribution in [2.45, 2.75) is 70.1 Å². The van der Waals surface area contributed by atoms with Crippen molar-refractivity contribution in [1.29, 1.82) is 0 Å². The Kier molecular flexibility index (Phi) is 4.07. The highest BCUT2D eigenvalue weighted by molar-refractivity contribution is 5.03. The summed E-state index contributed by atoms with van der Waals surface area (Å²) < 4.78 is 2.03. The minimum atomic E-state index is -1.07. The third-order valence-electron chi connectivity index (χ3n) is 3.83. The molecule has 18 heavy (non-hydrogen) atoms. The molecule has 0 radical (unpaired) electrons. The van der Waals surface area contributed by atoms with E-state index in [2.05, 4.69) is 5.10 Å². The van der Waals surface area contributed by atoms with Crippen molar-refractivity contribution in [3.8, 4) is 0 Å². The molecule has 2 N–H and O–H groups in total. The van der Waals surface area contributed by atoms with Crippen LogP contribution in [0, 0.1) is 0 Å². The zero-order valence-corrected chi connectivity index (χ0v) is 11.3. The van der Waals surface area contributed by atoms with Crippen molar-refractivity contribution in [2.24, 2.45) is 0 Å². The molecule has 0 saturated heterocycles. The monoisotopic (exact) mass is 252 g/mol. The number of hydrogen-bond donors (Lipinski definition) is 2. The van der Waals surface area contributed by atoms with Gasteiger partial charge in [0.2, 0.25) is 0 Å². The van der Waals surface area contributed by atoms with Crippen LogP contribution in [0.2, 0.25) is 0 Å². The van der Waals surface area contributed by atoms with Gasteiger partial charge in [0, 0.05) is 12.6 Å². The molecule has 0 spiro atoms. The number of aromatic nitrogens is 2. The van der Waals surface area contributed by atoms with Crippen LogP contribution < -0.4 is 0 Å². The van der Waals surface area contributed by atoms with Gasteiger partial charge in [-0.1, -0.05) is 19.3 Å². The SMILES string of the molecule is CC(C)(O)C(O)Cc1ccn(C2CCCCC2)n1. The summed E-state index contributed by atoms with van der Waals surface area (Å²) in [7, 11) is 0. The van der Waals surface area contributed by atoms with Crippen LogP contribution in [-0.4, -0.2) is 31.7 Å². The van der Waals surface area contributed by atoms with E-state index in [0.717, 1.165) is 5.69 Å². The molecule has 1 aliphatic carbocycles. The number of nitrogens with zero attached hydrogens (tertiary/aromatic N) is 2. The molecule has 1 aromatic heterocycles. The van der Waals surface area contributed by atoms with Gasteiger partial charge in [-0.15, -0.1) is 0 Å². The van der Waals surface area contributed by atoms with Crippen LogP contribution in [0.25, 0.3) is 0 Å². The first-order valence-electron chi connectivity index (χ1n) is 6.91. The molecule has 0 aromatic carbocycles. The third kappa shape index (κ3) is 3.33. The fourth-order valence-electron chi connectivity index (χ4n) is 2.48. The van der Waals surface area contributed by atoms with E-state index in [0.29, 0.717) is 12.5 Å². The molecule has 1 fully saturated rings. The normalized spacial score (nSPS) is 20.0. The van der Waals surface area contributed by atoms with Crippen molar-refractivity contribution in [2.75, 3.05) is 0 Å². The fourth-order valence-corrected chi connectivity index (χ4v) is 2.48. The van der Waals surface area contributed by atoms with Crippen molar-refractivity contribution in [3.63, 3.8) is 0 Å². The van der Waals surface area contributed by atoms with E-state index in [9.17, 15) is 10.2 Å². The lowest BCUT2D eigenvalue weighted by Crippen LogP contribution is -2.37. The molecule has 1 unspecified atom stereocenters. The summed E-state index contributed by atoms with van der Waals surface area (Å²) in [5.41, 5.74) is -0.218. The second-order valence-corrected chi connectivity index (χ2v) is 5.95. The van der Waals surface area contributed by atoms with Gasteiger partial charge in [-0.2, -0.15) is 5.10 Å². The first kappa shape index (κ1) is 13.6. The van der Waals surface area contributed by atoms with Crippen LogP contribution >= 0.6 is 0 Å². The molecule has 1 aromatic rings. The van der Waals surface area contributed by atoms with Crippen LogP contribution in [0.3, 0.4) is 0 Å². The molecule has 1 aliphatic rings. The van der Waals surface area contributed by atoms with E-state index in [4.69, 9.17) is 0 Å². The summed E-state index contributed by atoms with van der Waals surface area (Å²) in [6, 6.07) is 2.47. The van der Waals surface area contributed by atoms with Crippen molar-refractivity contribution < 1.29 is 10.2 Å². The summed E-state index contributed by atoms with van der Waals surface area (Å²) in [5, 5.41) is 24.1. The Hall–Kier alpha value is -0.870. The third-order valence-corrected chi connectivity index (χ3v) is 3.83. The summed E-state index contributed by atoms with van der Waals surface area (Å²) in [4.78, 5) is 0. The van der Waals surface area contributed by atoms with E-state index >= 15 is 0 Å². The Labute approximate surface area is 109 Å². The molecule has 0 aliphatic heterocycles. The smallest absolute Gasteiger partial charge is 0.0877 e. The van der Waals surface area contributed by atoms with Crippen LogP contribution in [-0.2, 0) is 6.42 Å². The highest BCUT2D eigenvalue weighted by Crippen LogP contribution is 2.27. The highest BCUT2D eigenvalue weighted by atomic mass is 16.3. The van der Waals surface area contributed by atoms with Crippen molar-refractivity contribution in [3.05, 3.63) is 18.0 Å². The first-order valence-corrected chi connectivity index (χ1v) is 6.91. The molecule has 1 atom stereocenters. The summed E-state index contributed by atoms with van der Waals surface area (Å²) in [6.45, 7) is 3.24. The lowest BCUT2D eigenvalue weighted by molar-refractivity contribution is -0.0474. The number of rotatable bonds is 4. The van der Waals surface area contributed by atoms with Gasteiger partial charge in [0.25, 0.3) is 0 Å². The van der Waals surface area contributed by atoms with Crippen LogP contribution in [0.4, 0.5) is 0 Å². The van der Waals surface area contributed by atoms with E-state index < -0.39 is 11.7 Å². The Morgan fingerprint density at radius 3 is 2.67 bits per heavy atom. The van der Waals surface area contributed by atoms with E-state index in [1.165, 1.54) is 32.1 Å². The minimum absolute atomic E-state index is 0.406. The maximum Gasteiger partial charge on any atom is 0.0877 e. The average Bonchev–Trinajstić information content (AvgIpc) is 2.77. The van der Waals surface area contributed by atoms with Crippen molar-refractivity contribution in [1.82, 2.24) is 9.78 Å². The molecular formula is C14H24N2O2. The standard InChI is InChI=1S/C14H24N2O2/c1-14(2,18)13(17)10-11-8-9-16(15-11)12-6-4-3-5-7-12/h8-9,12-13,17-18H,3-7,10H2,1-2H3. The Morgan fingerprint density at radius 1 is 1.39 bits per heavy atom. The van der Waals surface area contributed by atoms with E-state index in [1.807, 2.05) is 16.9 Å². The van der Waals surface area contributed by atoms with Crippen LogP contribution in [0.5, 0.6) is 0 Å². The maximum atomic E-state index is 9.86. The Morgan fingerprint density at radius 2 is 2.06 bits per heavy atom. The molecule has 102 valence electrons. The second kappa shape index (κ2) is 5.41. The lowest BCUT2D eigenvalue weighted by Gasteiger charge is -2.24. The summed E-state index contributed by atoms with van der Waals surface area (Å²) >= 11 is 0. The zero-order valence-electron chi connectivity index (χ0n) is 11.3. The summed E-state index contributed by atoms with van der Waals surface area (Å²) in [5.74, 6) is 0. The predicted molar refractivity (Wildman–Crippen MR) is 70.4 cm³/mol. The molecule has 1 saturated carbocycles. The van der Waals surface area contributed by atoms with E-state index in [-0.39, 0.29) is 0 Å². The van der Waals surface area contributed by atoms with Gasteiger partial charge in [-0.3, -0.25) is 4.68 Å². The molecular weight excluding hydrogens is 228 g/mol. The quantitative estimate of drug-likeness (QED) is 0.862. The van der Waals surface area contributed by atoms with Gasteiger partial charge in [0.05, 0.1) is 23.4 Å². The lowest BCUT2D eigenvalue weighted by atomic mass is 9.96. The van der Waals surface area contributed by atoms with Gasteiger partial charge >= 0.3 is 0 Å². The van der Waals surface area contributed by atoms with Gasteiger partial charge < -0.3 is 10.2 Å². The van der Waals surface area contributed by atoms with Gasteiger partial charge in [0.15, 0.2) is 0 Å². The van der Waals surface area contributed by atoms with Gasteiger partial charge in [0.1, 0.15) is 0 Å². The molecule has 1 heterocycles. The van der Waals surface area contributed by atoms with Crippen LogP contribution in [0.15, 0.2) is 12.3 Å².